The van der Waals surface area contributed by atoms with Crippen LogP contribution >= 0.6 is 47.8 Å². The third-order valence-corrected chi connectivity index (χ3v) is 21.2. The zero-order valence-electron chi connectivity index (χ0n) is 62.2. The molecule has 19 nitrogen and oxygen atoms in total. The number of likely N-dealkylation sites (tertiary alicyclic amines) is 5. The van der Waals surface area contributed by atoms with Gasteiger partial charge >= 0.3 is 30.5 Å². The number of hydrogen-bond donors (Lipinski definition) is 3. The van der Waals surface area contributed by atoms with E-state index in [0.29, 0.717) is 77.1 Å². The Hall–Kier alpha value is -5.94. The molecule has 0 aliphatic carbocycles. The second-order valence-electron chi connectivity index (χ2n) is 30.2. The molecule has 10 rings (SSSR count). The number of nitrogen functional groups attached to an aromatic ring is 1. The van der Waals surface area contributed by atoms with Gasteiger partial charge in [0.15, 0.2) is 0 Å². The van der Waals surface area contributed by atoms with Crippen LogP contribution in [0, 0.1) is 0 Å². The number of aliphatic hydroxyl groups is 1. The van der Waals surface area contributed by atoms with Gasteiger partial charge in [-0.15, -0.1) is 0 Å². The largest absolute Gasteiger partial charge is 0.450 e. The van der Waals surface area contributed by atoms with Gasteiger partial charge in [0.1, 0.15) is 17.0 Å². The van der Waals surface area contributed by atoms with Crippen LogP contribution in [-0.4, -0.2) is 181 Å². The molecule has 6 aliphatic heterocycles. The first-order valence-corrected chi connectivity index (χ1v) is 38.1. The summed E-state index contributed by atoms with van der Waals surface area (Å²) in [6, 6.07) is 33.9. The van der Waals surface area contributed by atoms with E-state index in [-0.39, 0.29) is 52.5 Å². The number of rotatable bonds is 7. The number of nitrogens with two attached hydrogens (primary N) is 1. The summed E-state index contributed by atoms with van der Waals surface area (Å²) in [5, 5.41) is 13.0. The van der Waals surface area contributed by atoms with E-state index < -0.39 is 16.8 Å². The fourth-order valence-electron chi connectivity index (χ4n) is 12.5. The molecule has 4 N–H and O–H groups in total. The molecule has 6 saturated heterocycles. The minimum atomic E-state index is -0.608. The van der Waals surface area contributed by atoms with Crippen LogP contribution in [0.3, 0.4) is 0 Å². The van der Waals surface area contributed by atoms with E-state index >= 15 is 0 Å². The van der Waals surface area contributed by atoms with Crippen LogP contribution in [0.25, 0.3) is 0 Å². The Labute approximate surface area is 622 Å². The van der Waals surface area contributed by atoms with Crippen molar-refractivity contribution in [3.8, 4) is 0 Å². The second kappa shape index (κ2) is 39.1. The summed E-state index contributed by atoms with van der Waals surface area (Å²) in [7, 11) is 0. The van der Waals surface area contributed by atoms with Crippen molar-refractivity contribution in [3.05, 3.63) is 133 Å². The standard InChI is InChI=1S/C17H24BrNO2.C17H26N2O2.C15H20BrNO2.C12H16BrN.C9H17NO3.C8H13NO3/c2*1-16(2,3)21-15(20)19-11-9-17(4,10-12-19)13-5-7-14(18)8-6-13;1-3-19-14(18)17-10-8-15(2,9-11-17)12-4-6-13(16)7-5-12;1-12(6-8-14-9-7-12)10-2-4-11(13)5-3-10;1-3-13-8(11)10-6-4-9(2,12)5-7-10;1-2-12-8(11)9-5-3-7(10)4-6-9/h5-8H,9-12H2,1-4H3;5-8H,9-12,18H2,1-4H3;4-7H,3,8-11H2,1-2H3;2-5,14H,6-9H2,1H3;12H,3-7H2,1-2H3;2-6H2,1H3. The van der Waals surface area contributed by atoms with Crippen molar-refractivity contribution in [2.24, 2.45) is 0 Å². The number of carbonyl (C=O) groups is 6. The fraction of sp³-hybridized carbons (Fsp3) is 0.615. The average molecular weight is 1580 g/mol. The maximum absolute atomic E-state index is 12.1. The number of carbonyl (C=O) groups excluding carboxylic acids is 6. The molecule has 22 heteroatoms. The van der Waals surface area contributed by atoms with Crippen molar-refractivity contribution in [1.29, 1.82) is 0 Å². The summed E-state index contributed by atoms with van der Waals surface area (Å²) >= 11 is 10.4. The van der Waals surface area contributed by atoms with Crippen LogP contribution in [0.5, 0.6) is 0 Å². The molecule has 0 spiro atoms. The molecule has 0 unspecified atom stereocenters. The lowest BCUT2D eigenvalue weighted by Crippen LogP contribution is -2.45. The average Bonchev–Trinajstić information content (AvgIpc) is 0.767. The van der Waals surface area contributed by atoms with Gasteiger partial charge in [0.25, 0.3) is 0 Å². The first-order chi connectivity index (χ1) is 46.9. The molecular formula is C78H116Br3N7O12. The molecule has 6 heterocycles. The zero-order chi connectivity index (χ0) is 74.1. The number of nitrogens with zero attached hydrogens (tertiary/aromatic N) is 5. The van der Waals surface area contributed by atoms with Gasteiger partial charge < -0.3 is 64.3 Å². The minimum absolute atomic E-state index is 0.103. The lowest BCUT2D eigenvalue weighted by molar-refractivity contribution is -0.121. The third kappa shape index (κ3) is 28.0. The highest BCUT2D eigenvalue weighted by Gasteiger charge is 2.38. The molecule has 0 bridgehead atoms. The molecule has 0 saturated carbocycles. The normalized spacial score (nSPS) is 19.0. The second-order valence-corrected chi connectivity index (χ2v) is 32.9. The van der Waals surface area contributed by atoms with E-state index in [9.17, 15) is 33.9 Å². The van der Waals surface area contributed by atoms with Gasteiger partial charge in [-0.2, -0.15) is 0 Å². The Bertz CT molecular complexity index is 3070. The van der Waals surface area contributed by atoms with Crippen LogP contribution in [0.1, 0.15) is 196 Å². The highest BCUT2D eigenvalue weighted by Crippen LogP contribution is 2.39. The van der Waals surface area contributed by atoms with E-state index in [0.717, 1.165) is 106 Å². The van der Waals surface area contributed by atoms with Gasteiger partial charge in [-0.3, -0.25) is 4.79 Å². The van der Waals surface area contributed by atoms with Crippen LogP contribution in [0.4, 0.5) is 29.7 Å². The molecular weight excluding hydrogens is 1470 g/mol. The van der Waals surface area contributed by atoms with Crippen LogP contribution in [0.2, 0.25) is 0 Å². The topological polar surface area (TPSA) is 223 Å². The van der Waals surface area contributed by atoms with Crippen LogP contribution in [0.15, 0.2) is 110 Å². The lowest BCUT2D eigenvalue weighted by atomic mass is 9.74. The maximum atomic E-state index is 12.1. The summed E-state index contributed by atoms with van der Waals surface area (Å²) in [6.45, 7) is 38.0. The predicted octanol–water partition coefficient (Wildman–Crippen LogP) is 17.1. The number of nitrogens with one attached hydrogen (secondary N) is 1. The molecule has 0 radical (unpaired) electrons. The highest BCUT2D eigenvalue weighted by molar-refractivity contribution is 9.11. The Kier molecular flexibility index (Phi) is 33.1. The monoisotopic (exact) mass is 1580 g/mol. The Morgan fingerprint density at radius 1 is 0.410 bits per heavy atom. The molecule has 556 valence electrons. The lowest BCUT2D eigenvalue weighted by Gasteiger charge is -2.40. The molecule has 5 amide bonds. The maximum Gasteiger partial charge on any atom is 0.410 e. The number of ketones is 1. The minimum Gasteiger partial charge on any atom is -0.450 e. The Morgan fingerprint density at radius 3 is 0.920 bits per heavy atom. The third-order valence-electron chi connectivity index (χ3n) is 19.6. The fourth-order valence-corrected chi connectivity index (χ4v) is 13.3. The quantitative estimate of drug-likeness (QED) is 0.116. The van der Waals surface area contributed by atoms with Gasteiger partial charge in [0.2, 0.25) is 0 Å². The number of anilines is 1. The first kappa shape index (κ1) is 84.7. The summed E-state index contributed by atoms with van der Waals surface area (Å²) in [4.78, 5) is 77.7. The molecule has 4 aromatic rings. The predicted molar refractivity (Wildman–Crippen MR) is 408 cm³/mol. The molecule has 4 aromatic carbocycles. The summed E-state index contributed by atoms with van der Waals surface area (Å²) in [6.07, 6.45) is 9.32. The van der Waals surface area contributed by atoms with Crippen LogP contribution < -0.4 is 11.1 Å². The SMILES string of the molecule is CC(C)(C)OC(=O)N1CCC(C)(c2ccc(Br)cc2)CC1.CC(C)(C)OC(=O)N1CCC(C)(c2ccc(N)cc2)CC1.CC1(c2ccc(Br)cc2)CCNCC1.CCOC(=O)N1CCC(=O)CC1.CCOC(=O)N1CCC(C)(O)CC1.CCOC(=O)N1CCC(C)(c2ccc(Br)cc2)CC1. The number of hydrogen-bond acceptors (Lipinski definition) is 14. The first-order valence-electron chi connectivity index (χ1n) is 35.7. The van der Waals surface area contributed by atoms with Crippen molar-refractivity contribution in [2.45, 2.75) is 212 Å². The Balaban J connectivity index is 0.000000219. The van der Waals surface area contributed by atoms with E-state index in [1.165, 1.54) is 39.6 Å². The van der Waals surface area contributed by atoms with Gasteiger partial charge in [-0.05, 0) is 239 Å². The van der Waals surface area contributed by atoms with Gasteiger partial charge in [0.05, 0.1) is 25.4 Å². The smallest absolute Gasteiger partial charge is 0.410 e. The highest BCUT2D eigenvalue weighted by atomic mass is 79.9. The molecule has 6 fully saturated rings. The summed E-state index contributed by atoms with van der Waals surface area (Å²) in [5.41, 5.74) is 11.3. The number of Topliss-reactive ketones (excluding diaryl/α,β-unsaturated/α-hetero) is 1. The Morgan fingerprint density at radius 2 is 0.650 bits per heavy atom. The van der Waals surface area contributed by atoms with E-state index in [1.807, 2.05) is 75.3 Å². The molecule has 6 aliphatic rings. The molecule has 100 heavy (non-hydrogen) atoms. The number of halogens is 3. The van der Waals surface area contributed by atoms with Crippen molar-refractivity contribution < 1.29 is 57.6 Å². The van der Waals surface area contributed by atoms with E-state index in [1.54, 1.807) is 30.6 Å². The van der Waals surface area contributed by atoms with Crippen molar-refractivity contribution in [1.82, 2.24) is 29.8 Å². The van der Waals surface area contributed by atoms with Gasteiger partial charge in [-0.1, -0.05) is 124 Å². The van der Waals surface area contributed by atoms with Gasteiger partial charge in [0, 0.05) is 97.4 Å². The summed E-state index contributed by atoms with van der Waals surface area (Å²) < 4.78 is 28.9. The number of amides is 5. The number of benzene rings is 4. The number of ether oxygens (including phenoxy) is 5. The molecule has 0 atom stereocenters. The van der Waals surface area contributed by atoms with Crippen LogP contribution in [-0.2, 0) is 50.1 Å². The van der Waals surface area contributed by atoms with E-state index in [4.69, 9.17) is 29.4 Å². The number of piperidine rings is 6. The van der Waals surface area contributed by atoms with Crippen molar-refractivity contribution in [2.75, 3.05) is 104 Å². The van der Waals surface area contributed by atoms with Crippen molar-refractivity contribution in [3.63, 3.8) is 0 Å². The van der Waals surface area contributed by atoms with Gasteiger partial charge in [-0.25, -0.2) is 24.0 Å². The summed E-state index contributed by atoms with van der Waals surface area (Å²) in [5.74, 6) is 0.232. The zero-order valence-corrected chi connectivity index (χ0v) is 67.0. The van der Waals surface area contributed by atoms with E-state index in [2.05, 4.69) is 166 Å². The molecule has 0 aromatic heterocycles. The van der Waals surface area contributed by atoms with Crippen molar-refractivity contribution >= 4 is 89.7 Å².